The number of likely N-dealkylation sites (N-methyl/N-ethyl adjacent to an activating group) is 1. The largest absolute Gasteiger partial charge is 0.466 e. The number of benzene rings is 1. The second-order valence-corrected chi connectivity index (χ2v) is 9.10. The highest BCUT2D eigenvalue weighted by atomic mass is 32.1. The molecule has 2 aliphatic rings. The summed E-state index contributed by atoms with van der Waals surface area (Å²) in [7, 11) is 1.96. The maximum atomic E-state index is 14.6. The van der Waals surface area contributed by atoms with Gasteiger partial charge in [-0.15, -0.1) is 0 Å². The molecule has 1 saturated heterocycles. The monoisotopic (exact) mass is 448 g/mol. The van der Waals surface area contributed by atoms with Gasteiger partial charge in [-0.2, -0.15) is 12.6 Å². The molecule has 0 aromatic heterocycles. The minimum Gasteiger partial charge on any atom is -0.466 e. The van der Waals surface area contributed by atoms with E-state index in [1.165, 1.54) is 6.07 Å². The van der Waals surface area contributed by atoms with Crippen LogP contribution in [0, 0.1) is 11.7 Å². The van der Waals surface area contributed by atoms with Gasteiger partial charge in [0.25, 0.3) is 0 Å². The zero-order valence-corrected chi connectivity index (χ0v) is 19.3. The van der Waals surface area contributed by atoms with Gasteiger partial charge in [0.1, 0.15) is 5.82 Å². The van der Waals surface area contributed by atoms with E-state index in [4.69, 9.17) is 17.4 Å². The van der Waals surface area contributed by atoms with Crippen LogP contribution in [0.5, 0.6) is 0 Å². The number of likely N-dealkylation sites (tertiary alicyclic amines) is 1. The topological polar surface area (TPSA) is 49.9 Å². The number of Topliss-reactive ketones (excluding diaryl/α,β-unsaturated/α-hetero) is 1. The van der Waals surface area contributed by atoms with Gasteiger partial charge in [0, 0.05) is 42.9 Å². The van der Waals surface area contributed by atoms with Gasteiger partial charge in [-0.1, -0.05) is 24.3 Å². The Morgan fingerprint density at radius 3 is 2.74 bits per heavy atom. The summed E-state index contributed by atoms with van der Waals surface area (Å²) in [5.74, 6) is -0.323. The van der Waals surface area contributed by atoms with Crippen molar-refractivity contribution in [1.29, 1.82) is 0 Å². The van der Waals surface area contributed by atoms with E-state index in [0.717, 1.165) is 24.8 Å². The van der Waals surface area contributed by atoms with E-state index >= 15 is 0 Å². The van der Waals surface area contributed by atoms with E-state index < -0.39 is 6.04 Å². The number of halogens is 1. The predicted octanol–water partition coefficient (Wildman–Crippen LogP) is 3.66. The molecular formula is C24H33FN2O3S. The van der Waals surface area contributed by atoms with Crippen molar-refractivity contribution in [3.63, 3.8) is 0 Å². The Bertz CT molecular complexity index is 812. The van der Waals surface area contributed by atoms with Crippen molar-refractivity contribution < 1.29 is 18.7 Å². The van der Waals surface area contributed by atoms with Gasteiger partial charge < -0.3 is 9.64 Å². The number of piperidine rings is 1. The number of rotatable bonds is 10. The number of esters is 1. The fourth-order valence-electron chi connectivity index (χ4n) is 4.01. The average Bonchev–Trinajstić information content (AvgIpc) is 3.59. The summed E-state index contributed by atoms with van der Waals surface area (Å²) in [6.07, 6.45) is 5.11. The van der Waals surface area contributed by atoms with Crippen LogP contribution in [0.4, 0.5) is 4.39 Å². The Balaban J connectivity index is 1.69. The second kappa shape index (κ2) is 11.2. The summed E-state index contributed by atoms with van der Waals surface area (Å²) in [4.78, 5) is 28.8. The lowest BCUT2D eigenvalue weighted by Gasteiger charge is -2.38. The van der Waals surface area contributed by atoms with Gasteiger partial charge in [0.05, 0.1) is 19.1 Å². The van der Waals surface area contributed by atoms with Crippen LogP contribution in [0.1, 0.15) is 44.2 Å². The molecule has 7 heteroatoms. The van der Waals surface area contributed by atoms with Crippen molar-refractivity contribution in [2.24, 2.45) is 5.92 Å². The number of carbonyl (C=O) groups excluding carboxylic acids is 2. The van der Waals surface area contributed by atoms with Crippen LogP contribution < -0.4 is 0 Å². The zero-order valence-electron chi connectivity index (χ0n) is 18.4. The maximum Gasteiger partial charge on any atom is 0.307 e. The molecule has 0 radical (unpaired) electrons. The van der Waals surface area contributed by atoms with Crippen molar-refractivity contribution in [3.8, 4) is 0 Å². The number of nitrogens with zero attached hydrogens (tertiary/aromatic N) is 2. The zero-order chi connectivity index (χ0) is 22.4. The Morgan fingerprint density at radius 1 is 1.32 bits per heavy atom. The Labute approximate surface area is 190 Å². The number of hydrogen-bond acceptors (Lipinski definition) is 6. The summed E-state index contributed by atoms with van der Waals surface area (Å²) < 4.78 is 19.6. The van der Waals surface area contributed by atoms with Gasteiger partial charge in [0.2, 0.25) is 0 Å². The molecule has 31 heavy (non-hydrogen) atoms. The normalized spacial score (nSPS) is 22.0. The Kier molecular flexibility index (Phi) is 8.69. The van der Waals surface area contributed by atoms with Crippen molar-refractivity contribution in [2.45, 2.75) is 43.9 Å². The molecule has 0 spiro atoms. The Hall–Kier alpha value is -1.70. The first kappa shape index (κ1) is 24.0. The van der Waals surface area contributed by atoms with Crippen molar-refractivity contribution in [2.75, 3.05) is 39.8 Å². The minimum atomic E-state index is -0.542. The second-order valence-electron chi connectivity index (χ2n) is 8.47. The third kappa shape index (κ3) is 6.64. The predicted molar refractivity (Wildman–Crippen MR) is 123 cm³/mol. The van der Waals surface area contributed by atoms with Crippen LogP contribution in [0.3, 0.4) is 0 Å². The van der Waals surface area contributed by atoms with Crippen LogP contribution in [0.2, 0.25) is 0 Å². The summed E-state index contributed by atoms with van der Waals surface area (Å²) in [5, 5.41) is 0.118. The minimum absolute atomic E-state index is 0.0553. The quantitative estimate of drug-likeness (QED) is 0.336. The van der Waals surface area contributed by atoms with Crippen molar-refractivity contribution in [3.05, 3.63) is 47.3 Å². The van der Waals surface area contributed by atoms with Gasteiger partial charge in [-0.05, 0) is 44.9 Å². The Morgan fingerprint density at radius 2 is 2.06 bits per heavy atom. The molecule has 0 N–H and O–H groups in total. The molecule has 3 rings (SSSR count). The summed E-state index contributed by atoms with van der Waals surface area (Å²) in [5.41, 5.74) is 1.62. The molecule has 1 saturated carbocycles. The summed E-state index contributed by atoms with van der Waals surface area (Å²) in [6, 6.07) is 6.09. The van der Waals surface area contributed by atoms with Crippen LogP contribution in [-0.4, -0.2) is 66.6 Å². The fraction of sp³-hybridized carbons (Fsp3) is 0.583. The van der Waals surface area contributed by atoms with Gasteiger partial charge >= 0.3 is 5.97 Å². The molecule has 0 bridgehead atoms. The van der Waals surface area contributed by atoms with E-state index in [2.05, 4.69) is 15.9 Å². The molecule has 1 aliphatic heterocycles. The van der Waals surface area contributed by atoms with Crippen LogP contribution in [0.15, 0.2) is 35.9 Å². The molecular weight excluding hydrogens is 415 g/mol. The summed E-state index contributed by atoms with van der Waals surface area (Å²) >= 11 is 4.75. The van der Waals surface area contributed by atoms with E-state index in [1.807, 2.05) is 7.05 Å². The third-order valence-electron chi connectivity index (χ3n) is 5.99. The van der Waals surface area contributed by atoms with Crippen LogP contribution >= 0.6 is 12.6 Å². The smallest absolute Gasteiger partial charge is 0.307 e. The molecule has 1 aromatic carbocycles. The molecule has 2 fully saturated rings. The first-order chi connectivity index (χ1) is 14.9. The molecule has 170 valence electrons. The third-order valence-corrected chi connectivity index (χ3v) is 6.58. The number of thiol groups is 1. The molecule has 2 atom stereocenters. The number of carbonyl (C=O) groups is 2. The van der Waals surface area contributed by atoms with Crippen LogP contribution in [-0.2, 0) is 14.3 Å². The van der Waals surface area contributed by atoms with Gasteiger partial charge in [-0.25, -0.2) is 4.39 Å². The molecule has 1 aliphatic carbocycles. The molecule has 5 nitrogen and oxygen atoms in total. The lowest BCUT2D eigenvalue weighted by molar-refractivity contribution is -0.143. The van der Waals surface area contributed by atoms with E-state index in [-0.39, 0.29) is 28.7 Å². The average molecular weight is 449 g/mol. The standard InChI is InChI=1S/C24H33FN2O3S/c1-3-30-22(28)12-14-26(2)13-10-18-16-27(15-11-21(18)31)23(24(29)17-8-9-17)19-6-4-5-7-20(19)25/h4-7,10,17,21,23,31H,3,8-9,11-16H2,1-2H3/b18-10-. The first-order valence-corrected chi connectivity index (χ1v) is 11.7. The highest BCUT2D eigenvalue weighted by Gasteiger charge is 2.40. The van der Waals surface area contributed by atoms with E-state index in [0.29, 0.717) is 44.8 Å². The first-order valence-electron chi connectivity index (χ1n) is 11.1. The molecule has 2 unspecified atom stereocenters. The highest BCUT2D eigenvalue weighted by molar-refractivity contribution is 7.81. The fourth-order valence-corrected chi connectivity index (χ4v) is 4.31. The molecule has 1 heterocycles. The van der Waals surface area contributed by atoms with E-state index in [9.17, 15) is 14.0 Å². The van der Waals surface area contributed by atoms with Crippen molar-refractivity contribution >= 4 is 24.4 Å². The van der Waals surface area contributed by atoms with Crippen LogP contribution in [0.25, 0.3) is 0 Å². The maximum absolute atomic E-state index is 14.6. The number of hydrogen-bond donors (Lipinski definition) is 1. The van der Waals surface area contributed by atoms with E-state index in [1.54, 1.807) is 25.1 Å². The lowest BCUT2D eigenvalue weighted by Crippen LogP contribution is -2.43. The lowest BCUT2D eigenvalue weighted by atomic mass is 9.93. The number of ketones is 1. The number of ether oxygens (including phenoxy) is 1. The van der Waals surface area contributed by atoms with Gasteiger partial charge in [0.15, 0.2) is 5.78 Å². The molecule has 0 amide bonds. The van der Waals surface area contributed by atoms with Crippen molar-refractivity contribution in [1.82, 2.24) is 9.80 Å². The summed E-state index contributed by atoms with van der Waals surface area (Å²) in [6.45, 7) is 4.80. The highest BCUT2D eigenvalue weighted by Crippen LogP contribution is 2.39. The molecule has 1 aromatic rings. The SMILES string of the molecule is CCOC(=O)CCN(C)C/C=C1/CN(C(C(=O)C2CC2)c2ccccc2F)CCC1S. The van der Waals surface area contributed by atoms with Gasteiger partial charge in [-0.3, -0.25) is 14.5 Å².